The molecule has 0 amide bonds. The molecule has 1 aromatic heterocycles. The van der Waals surface area contributed by atoms with Crippen LogP contribution in [0.5, 0.6) is 0 Å². The van der Waals surface area contributed by atoms with Gasteiger partial charge in [0.1, 0.15) is 5.58 Å². The minimum Gasteiger partial charge on any atom is -0.453 e. The van der Waals surface area contributed by atoms with Crippen LogP contribution in [0.3, 0.4) is 0 Å². The van der Waals surface area contributed by atoms with Crippen LogP contribution in [-0.2, 0) is 0 Å². The summed E-state index contributed by atoms with van der Waals surface area (Å²) in [6.45, 7) is 1.92. The third kappa shape index (κ3) is 2.33. The lowest BCUT2D eigenvalue weighted by Crippen LogP contribution is -2.00. The molecule has 0 spiro atoms. The highest BCUT2D eigenvalue weighted by molar-refractivity contribution is 6.35. The highest BCUT2D eigenvalue weighted by Crippen LogP contribution is 2.26. The molecular weight excluding hydrogens is 295 g/mol. The quantitative estimate of drug-likeness (QED) is 0.603. The van der Waals surface area contributed by atoms with E-state index in [0.29, 0.717) is 21.2 Å². The summed E-state index contributed by atoms with van der Waals surface area (Å²) in [5.74, 6) is 0.0235. The first-order chi connectivity index (χ1) is 9.54. The normalized spacial score (nSPS) is 10.9. The molecule has 2 nitrogen and oxygen atoms in total. The summed E-state index contributed by atoms with van der Waals surface area (Å²) in [4.78, 5) is 12.4. The SMILES string of the molecule is Cc1ccc(C(=O)c2cc3cc(Cl)ccc3o2)c(Cl)c1. The van der Waals surface area contributed by atoms with Crippen molar-refractivity contribution in [1.29, 1.82) is 0 Å². The van der Waals surface area contributed by atoms with Gasteiger partial charge < -0.3 is 4.42 Å². The lowest BCUT2D eigenvalue weighted by atomic mass is 10.1. The second-order valence-electron chi connectivity index (χ2n) is 4.61. The molecular formula is C16H10Cl2O2. The zero-order valence-corrected chi connectivity index (χ0v) is 12.1. The highest BCUT2D eigenvalue weighted by Gasteiger charge is 2.17. The van der Waals surface area contributed by atoms with Gasteiger partial charge in [0.2, 0.25) is 5.78 Å². The molecule has 100 valence electrons. The first kappa shape index (κ1) is 13.2. The van der Waals surface area contributed by atoms with Crippen LogP contribution in [0.1, 0.15) is 21.7 Å². The number of ketones is 1. The van der Waals surface area contributed by atoms with E-state index in [1.54, 1.807) is 36.4 Å². The van der Waals surface area contributed by atoms with E-state index in [9.17, 15) is 4.79 Å². The van der Waals surface area contributed by atoms with Crippen molar-refractivity contribution < 1.29 is 9.21 Å². The molecule has 3 aromatic rings. The fourth-order valence-corrected chi connectivity index (χ4v) is 2.56. The predicted octanol–water partition coefficient (Wildman–Crippen LogP) is 5.28. The first-order valence-electron chi connectivity index (χ1n) is 6.04. The van der Waals surface area contributed by atoms with Crippen LogP contribution in [0.2, 0.25) is 10.0 Å². The number of carbonyl (C=O) groups is 1. The molecule has 0 atom stereocenters. The lowest BCUT2D eigenvalue weighted by molar-refractivity contribution is 0.101. The number of fused-ring (bicyclic) bond motifs is 1. The van der Waals surface area contributed by atoms with Gasteiger partial charge in [-0.3, -0.25) is 4.79 Å². The van der Waals surface area contributed by atoms with Crippen LogP contribution in [0, 0.1) is 6.92 Å². The van der Waals surface area contributed by atoms with Crippen LogP contribution in [0.15, 0.2) is 46.9 Å². The molecule has 2 aromatic carbocycles. The van der Waals surface area contributed by atoms with Gasteiger partial charge in [-0.1, -0.05) is 29.3 Å². The molecule has 0 saturated carbocycles. The number of benzene rings is 2. The Hall–Kier alpha value is -1.77. The third-order valence-corrected chi connectivity index (χ3v) is 3.62. The van der Waals surface area contributed by atoms with Crippen molar-refractivity contribution in [2.45, 2.75) is 6.92 Å². The number of hydrogen-bond donors (Lipinski definition) is 0. The number of hydrogen-bond acceptors (Lipinski definition) is 2. The van der Waals surface area contributed by atoms with E-state index >= 15 is 0 Å². The molecule has 0 unspecified atom stereocenters. The van der Waals surface area contributed by atoms with Gasteiger partial charge >= 0.3 is 0 Å². The Balaban J connectivity index is 2.08. The van der Waals surface area contributed by atoms with Gasteiger partial charge in [-0.2, -0.15) is 0 Å². The average Bonchev–Trinajstić information content (AvgIpc) is 2.81. The predicted molar refractivity (Wildman–Crippen MR) is 80.8 cm³/mol. The van der Waals surface area contributed by atoms with Gasteiger partial charge in [0.25, 0.3) is 0 Å². The summed E-state index contributed by atoms with van der Waals surface area (Å²) in [5, 5.41) is 1.82. The molecule has 0 aliphatic rings. The number of carbonyl (C=O) groups excluding carboxylic acids is 1. The summed E-state index contributed by atoms with van der Waals surface area (Å²) in [5.41, 5.74) is 2.06. The Labute approximate surface area is 125 Å². The van der Waals surface area contributed by atoms with Crippen LogP contribution >= 0.6 is 23.2 Å². The van der Waals surface area contributed by atoms with Gasteiger partial charge in [0.05, 0.1) is 5.02 Å². The summed E-state index contributed by atoms with van der Waals surface area (Å²) < 4.78 is 5.56. The van der Waals surface area contributed by atoms with Crippen LogP contribution < -0.4 is 0 Å². The molecule has 0 bridgehead atoms. The lowest BCUT2D eigenvalue weighted by Gasteiger charge is -2.02. The topological polar surface area (TPSA) is 30.2 Å². The Morgan fingerprint density at radius 3 is 2.60 bits per heavy atom. The van der Waals surface area contributed by atoms with E-state index in [-0.39, 0.29) is 11.5 Å². The summed E-state index contributed by atoms with van der Waals surface area (Å²) >= 11 is 12.0. The number of aryl methyl sites for hydroxylation is 1. The Morgan fingerprint density at radius 1 is 1.05 bits per heavy atom. The van der Waals surface area contributed by atoms with Crippen LogP contribution in [0.4, 0.5) is 0 Å². The van der Waals surface area contributed by atoms with Crippen LogP contribution in [-0.4, -0.2) is 5.78 Å². The Morgan fingerprint density at radius 2 is 1.85 bits per heavy atom. The molecule has 0 saturated heterocycles. The maximum Gasteiger partial charge on any atom is 0.229 e. The van der Waals surface area contributed by atoms with Crippen LogP contribution in [0.25, 0.3) is 11.0 Å². The number of halogens is 2. The van der Waals surface area contributed by atoms with Gasteiger partial charge in [0.15, 0.2) is 5.76 Å². The van der Waals surface area contributed by atoms with Gasteiger partial charge in [0, 0.05) is 16.0 Å². The number of furan rings is 1. The average molecular weight is 305 g/mol. The van der Waals surface area contributed by atoms with Crippen molar-refractivity contribution in [3.05, 3.63) is 69.4 Å². The maximum absolute atomic E-state index is 12.4. The van der Waals surface area contributed by atoms with Gasteiger partial charge in [-0.25, -0.2) is 0 Å². The van der Waals surface area contributed by atoms with E-state index in [1.807, 2.05) is 13.0 Å². The summed E-state index contributed by atoms with van der Waals surface area (Å²) in [6, 6.07) is 12.2. The van der Waals surface area contributed by atoms with E-state index in [1.165, 1.54) is 0 Å². The standard InChI is InChI=1S/C16H10Cl2O2/c1-9-2-4-12(13(18)6-9)16(19)15-8-10-7-11(17)3-5-14(10)20-15/h2-8H,1H3. The zero-order chi connectivity index (χ0) is 14.3. The molecule has 0 aliphatic carbocycles. The largest absolute Gasteiger partial charge is 0.453 e. The van der Waals surface area contributed by atoms with Gasteiger partial charge in [-0.15, -0.1) is 0 Å². The van der Waals surface area contributed by atoms with E-state index in [4.69, 9.17) is 27.6 Å². The second kappa shape index (κ2) is 4.97. The Bertz CT molecular complexity index is 818. The fraction of sp³-hybridized carbons (Fsp3) is 0.0625. The molecule has 4 heteroatoms. The van der Waals surface area contributed by atoms with Crippen molar-refractivity contribution in [2.75, 3.05) is 0 Å². The fourth-order valence-electron chi connectivity index (χ4n) is 2.06. The monoisotopic (exact) mass is 304 g/mol. The minimum atomic E-state index is -0.234. The first-order valence-corrected chi connectivity index (χ1v) is 6.80. The Kier molecular flexibility index (Phi) is 3.28. The molecule has 0 radical (unpaired) electrons. The molecule has 1 heterocycles. The summed E-state index contributed by atoms with van der Waals surface area (Å²) in [7, 11) is 0. The van der Waals surface area contributed by atoms with Gasteiger partial charge in [-0.05, 0) is 48.9 Å². The molecule has 3 rings (SSSR count). The van der Waals surface area contributed by atoms with E-state index in [2.05, 4.69) is 0 Å². The molecule has 20 heavy (non-hydrogen) atoms. The van der Waals surface area contributed by atoms with Crippen molar-refractivity contribution >= 4 is 40.0 Å². The van der Waals surface area contributed by atoms with Crippen molar-refractivity contribution in [2.24, 2.45) is 0 Å². The summed E-state index contributed by atoms with van der Waals surface area (Å²) in [6.07, 6.45) is 0. The van der Waals surface area contributed by atoms with E-state index in [0.717, 1.165) is 10.9 Å². The van der Waals surface area contributed by atoms with Crippen molar-refractivity contribution in [3.8, 4) is 0 Å². The second-order valence-corrected chi connectivity index (χ2v) is 5.45. The highest BCUT2D eigenvalue weighted by atomic mass is 35.5. The third-order valence-electron chi connectivity index (χ3n) is 3.07. The van der Waals surface area contributed by atoms with E-state index < -0.39 is 0 Å². The van der Waals surface area contributed by atoms with Crippen molar-refractivity contribution in [1.82, 2.24) is 0 Å². The van der Waals surface area contributed by atoms with Crippen molar-refractivity contribution in [3.63, 3.8) is 0 Å². The molecule has 0 N–H and O–H groups in total. The minimum absolute atomic E-state index is 0.234. The maximum atomic E-state index is 12.4. The number of rotatable bonds is 2. The molecule has 0 aliphatic heterocycles. The smallest absolute Gasteiger partial charge is 0.229 e. The molecule has 0 fully saturated rings. The zero-order valence-electron chi connectivity index (χ0n) is 10.6.